The molecule has 0 saturated carbocycles. The Kier molecular flexibility index (Phi) is 5.27. The molecule has 0 aliphatic heterocycles. The van der Waals surface area contributed by atoms with Crippen LogP contribution in [0.25, 0.3) is 23.3 Å². The summed E-state index contributed by atoms with van der Waals surface area (Å²) in [5.41, 5.74) is 3.24. The van der Waals surface area contributed by atoms with Gasteiger partial charge in [-0.2, -0.15) is 5.26 Å². The zero-order valence-corrected chi connectivity index (χ0v) is 13.9. The Hall–Kier alpha value is -2.90. The minimum absolute atomic E-state index is 0.270. The van der Waals surface area contributed by atoms with Crippen LogP contribution in [0.4, 0.5) is 8.78 Å². The van der Waals surface area contributed by atoms with E-state index >= 15 is 0 Å². The molecular formula is C21H13F2NS. The molecule has 0 saturated heterocycles. The molecule has 4 heteroatoms. The monoisotopic (exact) mass is 349 g/mol. The SMILES string of the molecule is N#CSc1c(F)cc(-c2ccc(/C=C/c3ccccc3)cc2)cc1F. The van der Waals surface area contributed by atoms with E-state index in [0.29, 0.717) is 22.9 Å². The molecule has 0 radical (unpaired) electrons. The number of rotatable bonds is 4. The van der Waals surface area contributed by atoms with Gasteiger partial charge in [0.25, 0.3) is 0 Å². The highest BCUT2D eigenvalue weighted by Gasteiger charge is 2.12. The Labute approximate surface area is 149 Å². The third-order valence-corrected chi connectivity index (χ3v) is 4.34. The Morgan fingerprint density at radius 1 is 0.760 bits per heavy atom. The predicted octanol–water partition coefficient (Wildman–Crippen LogP) is 6.38. The van der Waals surface area contributed by atoms with Crippen LogP contribution in [0.5, 0.6) is 0 Å². The molecule has 25 heavy (non-hydrogen) atoms. The molecule has 0 bridgehead atoms. The molecule has 0 unspecified atom stereocenters. The maximum atomic E-state index is 13.9. The van der Waals surface area contributed by atoms with Crippen molar-refractivity contribution in [2.45, 2.75) is 4.90 Å². The van der Waals surface area contributed by atoms with Crippen LogP contribution in [-0.4, -0.2) is 0 Å². The number of benzene rings is 3. The van der Waals surface area contributed by atoms with Gasteiger partial charge in [0.15, 0.2) is 0 Å². The average Bonchev–Trinajstić information content (AvgIpc) is 2.64. The van der Waals surface area contributed by atoms with Gasteiger partial charge in [-0.1, -0.05) is 66.7 Å². The van der Waals surface area contributed by atoms with E-state index in [1.165, 1.54) is 12.1 Å². The molecule has 0 spiro atoms. The number of thioether (sulfide) groups is 1. The smallest absolute Gasteiger partial charge is 0.141 e. The van der Waals surface area contributed by atoms with Crippen LogP contribution in [0.1, 0.15) is 11.1 Å². The van der Waals surface area contributed by atoms with E-state index in [0.717, 1.165) is 11.1 Å². The van der Waals surface area contributed by atoms with E-state index in [-0.39, 0.29) is 4.90 Å². The Morgan fingerprint density at radius 3 is 1.88 bits per heavy atom. The lowest BCUT2D eigenvalue weighted by molar-refractivity contribution is 0.542. The Bertz CT molecular complexity index is 919. The van der Waals surface area contributed by atoms with E-state index < -0.39 is 11.6 Å². The summed E-state index contributed by atoms with van der Waals surface area (Å²) in [5.74, 6) is -1.45. The third kappa shape index (κ3) is 4.14. The van der Waals surface area contributed by atoms with Gasteiger partial charge < -0.3 is 0 Å². The number of thiocyanates is 1. The Balaban J connectivity index is 1.83. The van der Waals surface area contributed by atoms with Gasteiger partial charge >= 0.3 is 0 Å². The van der Waals surface area contributed by atoms with Gasteiger partial charge in [-0.25, -0.2) is 8.78 Å². The summed E-state index contributed by atoms with van der Waals surface area (Å²) in [5, 5.41) is 10.3. The standard InChI is InChI=1S/C21H13F2NS/c22-19-12-18(13-20(23)21(19)25-14-24)17-10-8-16(9-11-17)7-6-15-4-2-1-3-5-15/h1-13H/b7-6+. The molecule has 0 aliphatic rings. The number of halogens is 2. The van der Waals surface area contributed by atoms with Crippen molar-refractivity contribution in [2.24, 2.45) is 0 Å². The highest BCUT2D eigenvalue weighted by molar-refractivity contribution is 8.03. The van der Waals surface area contributed by atoms with Gasteiger partial charge in [-0.05, 0) is 46.1 Å². The topological polar surface area (TPSA) is 23.8 Å². The molecule has 3 aromatic carbocycles. The van der Waals surface area contributed by atoms with Crippen molar-refractivity contribution in [1.82, 2.24) is 0 Å². The fourth-order valence-electron chi connectivity index (χ4n) is 2.41. The molecule has 0 fully saturated rings. The number of hydrogen-bond acceptors (Lipinski definition) is 2. The maximum absolute atomic E-state index is 13.9. The van der Waals surface area contributed by atoms with Crippen LogP contribution in [0.3, 0.4) is 0 Å². The summed E-state index contributed by atoms with van der Waals surface area (Å²) in [6.45, 7) is 0. The van der Waals surface area contributed by atoms with Crippen molar-refractivity contribution < 1.29 is 8.78 Å². The van der Waals surface area contributed by atoms with E-state index in [1.54, 1.807) is 5.40 Å². The average molecular weight is 349 g/mol. The number of nitrogens with zero attached hydrogens (tertiary/aromatic N) is 1. The molecule has 3 rings (SSSR count). The summed E-state index contributed by atoms with van der Waals surface area (Å²) in [6.07, 6.45) is 3.98. The molecule has 0 atom stereocenters. The van der Waals surface area contributed by atoms with Crippen molar-refractivity contribution >= 4 is 23.9 Å². The normalized spacial score (nSPS) is 10.8. The first-order valence-corrected chi connectivity index (χ1v) is 8.37. The van der Waals surface area contributed by atoms with Crippen LogP contribution in [0, 0.1) is 22.3 Å². The van der Waals surface area contributed by atoms with Crippen LogP contribution in [-0.2, 0) is 0 Å². The van der Waals surface area contributed by atoms with Crippen LogP contribution in [0.15, 0.2) is 71.6 Å². The molecule has 1 nitrogen and oxygen atoms in total. The third-order valence-electron chi connectivity index (χ3n) is 3.66. The minimum atomic E-state index is -0.727. The van der Waals surface area contributed by atoms with Gasteiger partial charge in [-0.15, -0.1) is 0 Å². The van der Waals surface area contributed by atoms with Crippen molar-refractivity contribution in [1.29, 1.82) is 5.26 Å². The molecule has 122 valence electrons. The van der Waals surface area contributed by atoms with Gasteiger partial charge in [0, 0.05) is 0 Å². The molecule has 0 aliphatic carbocycles. The molecule has 0 N–H and O–H groups in total. The van der Waals surface area contributed by atoms with Crippen molar-refractivity contribution in [3.05, 3.63) is 89.5 Å². The zero-order chi connectivity index (χ0) is 17.6. The summed E-state index contributed by atoms with van der Waals surface area (Å²) in [4.78, 5) is -0.270. The van der Waals surface area contributed by atoms with E-state index in [9.17, 15) is 8.78 Å². The molecular weight excluding hydrogens is 336 g/mol. The summed E-state index contributed by atoms with van der Waals surface area (Å²) >= 11 is 0.486. The first kappa shape index (κ1) is 16.9. The molecule has 0 amide bonds. The van der Waals surface area contributed by atoms with Crippen LogP contribution >= 0.6 is 11.8 Å². The molecule has 3 aromatic rings. The number of hydrogen-bond donors (Lipinski definition) is 0. The van der Waals surface area contributed by atoms with Gasteiger partial charge in [0.1, 0.15) is 17.0 Å². The van der Waals surface area contributed by atoms with Gasteiger partial charge in [0.2, 0.25) is 0 Å². The van der Waals surface area contributed by atoms with Crippen LogP contribution in [0.2, 0.25) is 0 Å². The number of nitriles is 1. The zero-order valence-electron chi connectivity index (χ0n) is 13.1. The van der Waals surface area contributed by atoms with Crippen molar-refractivity contribution in [3.63, 3.8) is 0 Å². The minimum Gasteiger partial charge on any atom is -0.206 e. The fourth-order valence-corrected chi connectivity index (χ4v) is 2.82. The highest BCUT2D eigenvalue weighted by Crippen LogP contribution is 2.30. The fraction of sp³-hybridized carbons (Fsp3) is 0. The van der Waals surface area contributed by atoms with Crippen molar-refractivity contribution in [2.75, 3.05) is 0 Å². The first-order valence-electron chi connectivity index (χ1n) is 7.56. The quantitative estimate of drug-likeness (QED) is 0.310. The van der Waals surface area contributed by atoms with E-state index in [1.807, 2.05) is 66.7 Å². The summed E-state index contributed by atoms with van der Waals surface area (Å²) in [6, 6.07) is 19.8. The summed E-state index contributed by atoms with van der Waals surface area (Å²) in [7, 11) is 0. The van der Waals surface area contributed by atoms with Crippen LogP contribution < -0.4 is 0 Å². The largest absolute Gasteiger partial charge is 0.206 e. The van der Waals surface area contributed by atoms with Crippen molar-refractivity contribution in [3.8, 4) is 16.5 Å². The Morgan fingerprint density at radius 2 is 1.32 bits per heavy atom. The second-order valence-electron chi connectivity index (χ2n) is 5.33. The first-order chi connectivity index (χ1) is 12.2. The molecule has 0 aromatic heterocycles. The second kappa shape index (κ2) is 7.78. The lowest BCUT2D eigenvalue weighted by atomic mass is 10.0. The molecule has 0 heterocycles. The second-order valence-corrected chi connectivity index (χ2v) is 6.12. The van der Waals surface area contributed by atoms with Gasteiger partial charge in [-0.3, -0.25) is 0 Å². The highest BCUT2D eigenvalue weighted by atomic mass is 32.2. The predicted molar refractivity (Wildman–Crippen MR) is 98.6 cm³/mol. The van der Waals surface area contributed by atoms with E-state index in [2.05, 4.69) is 0 Å². The van der Waals surface area contributed by atoms with Gasteiger partial charge in [0.05, 0.1) is 4.90 Å². The maximum Gasteiger partial charge on any atom is 0.141 e. The lowest BCUT2D eigenvalue weighted by Gasteiger charge is -2.06. The lowest BCUT2D eigenvalue weighted by Crippen LogP contribution is -1.89. The van der Waals surface area contributed by atoms with E-state index in [4.69, 9.17) is 5.26 Å². The summed E-state index contributed by atoms with van der Waals surface area (Å²) < 4.78 is 27.9.